The van der Waals surface area contributed by atoms with Crippen LogP contribution in [-0.4, -0.2) is 79.1 Å². The standard InChI is InChI=1S/C14H28N4/c1-16-5-6-18(14(9-15)10-16)13-7-11-3-4-12(8-13)17(11)2/h11-14H,3-10,15H2,1-2H3. The third-order valence-corrected chi connectivity index (χ3v) is 5.55. The summed E-state index contributed by atoms with van der Waals surface area (Å²) >= 11 is 0. The third kappa shape index (κ3) is 2.20. The van der Waals surface area contributed by atoms with Crippen LogP contribution >= 0.6 is 0 Å². The lowest BCUT2D eigenvalue weighted by molar-refractivity contribution is 0.0112. The zero-order valence-electron chi connectivity index (χ0n) is 11.9. The minimum atomic E-state index is 0.580. The molecule has 3 aliphatic rings. The van der Waals surface area contributed by atoms with Crippen molar-refractivity contribution in [1.29, 1.82) is 0 Å². The molecule has 18 heavy (non-hydrogen) atoms. The van der Waals surface area contributed by atoms with Crippen LogP contribution in [0, 0.1) is 0 Å². The van der Waals surface area contributed by atoms with Crippen LogP contribution in [0.25, 0.3) is 0 Å². The number of nitrogens with two attached hydrogens (primary N) is 1. The van der Waals surface area contributed by atoms with Gasteiger partial charge in [-0.15, -0.1) is 0 Å². The Morgan fingerprint density at radius 3 is 2.28 bits per heavy atom. The Bertz CT molecular complexity index is 282. The number of piperazine rings is 1. The van der Waals surface area contributed by atoms with Gasteiger partial charge in [0.05, 0.1) is 0 Å². The molecule has 3 saturated heterocycles. The van der Waals surface area contributed by atoms with Crippen LogP contribution in [0.3, 0.4) is 0 Å². The molecule has 0 aromatic heterocycles. The molecule has 3 heterocycles. The Kier molecular flexibility index (Phi) is 3.63. The van der Waals surface area contributed by atoms with E-state index in [1.54, 1.807) is 0 Å². The second kappa shape index (κ2) is 5.08. The number of hydrogen-bond acceptors (Lipinski definition) is 4. The Morgan fingerprint density at radius 2 is 1.67 bits per heavy atom. The van der Waals surface area contributed by atoms with Gasteiger partial charge in [-0.1, -0.05) is 0 Å². The van der Waals surface area contributed by atoms with Crippen LogP contribution in [0.4, 0.5) is 0 Å². The van der Waals surface area contributed by atoms with Gasteiger partial charge in [0.2, 0.25) is 0 Å². The average Bonchev–Trinajstić information content (AvgIpc) is 2.61. The Hall–Kier alpha value is -0.160. The molecule has 3 fully saturated rings. The number of nitrogens with zero attached hydrogens (tertiary/aromatic N) is 3. The van der Waals surface area contributed by atoms with Gasteiger partial charge >= 0.3 is 0 Å². The molecule has 4 nitrogen and oxygen atoms in total. The molecule has 3 rings (SSSR count). The molecule has 4 heteroatoms. The Balaban J connectivity index is 1.67. The molecule has 3 aliphatic heterocycles. The van der Waals surface area contributed by atoms with E-state index in [-0.39, 0.29) is 0 Å². The lowest BCUT2D eigenvalue weighted by atomic mass is 9.94. The van der Waals surface area contributed by atoms with Gasteiger partial charge in [0.15, 0.2) is 0 Å². The van der Waals surface area contributed by atoms with E-state index in [0.717, 1.165) is 31.2 Å². The van der Waals surface area contributed by atoms with E-state index < -0.39 is 0 Å². The molecule has 0 aromatic carbocycles. The maximum atomic E-state index is 6.00. The number of likely N-dealkylation sites (N-methyl/N-ethyl adjacent to an activating group) is 1. The van der Waals surface area contributed by atoms with E-state index in [1.807, 2.05) is 0 Å². The minimum absolute atomic E-state index is 0.580. The molecule has 3 unspecified atom stereocenters. The highest BCUT2D eigenvalue weighted by Gasteiger charge is 2.42. The Morgan fingerprint density at radius 1 is 1.00 bits per heavy atom. The molecule has 0 amide bonds. The van der Waals surface area contributed by atoms with Gasteiger partial charge < -0.3 is 15.5 Å². The Labute approximate surface area is 111 Å². The quantitative estimate of drug-likeness (QED) is 0.761. The van der Waals surface area contributed by atoms with Gasteiger partial charge in [0.25, 0.3) is 0 Å². The molecule has 0 radical (unpaired) electrons. The summed E-state index contributed by atoms with van der Waals surface area (Å²) < 4.78 is 0. The average molecular weight is 252 g/mol. The number of rotatable bonds is 2. The van der Waals surface area contributed by atoms with Crippen LogP contribution in [0.15, 0.2) is 0 Å². The molecule has 0 saturated carbocycles. The van der Waals surface area contributed by atoms with Crippen molar-refractivity contribution in [2.75, 3.05) is 40.3 Å². The lowest BCUT2D eigenvalue weighted by Crippen LogP contribution is -2.60. The molecule has 0 aromatic rings. The maximum Gasteiger partial charge on any atom is 0.0349 e. The van der Waals surface area contributed by atoms with Crippen LogP contribution < -0.4 is 5.73 Å². The number of fused-ring (bicyclic) bond motifs is 2. The zero-order valence-corrected chi connectivity index (χ0v) is 11.9. The third-order valence-electron chi connectivity index (χ3n) is 5.55. The van der Waals surface area contributed by atoms with Gasteiger partial charge in [0, 0.05) is 50.3 Å². The second-order valence-electron chi connectivity index (χ2n) is 6.57. The summed E-state index contributed by atoms with van der Waals surface area (Å²) in [6.45, 7) is 4.38. The van der Waals surface area contributed by atoms with Crippen molar-refractivity contribution in [3.05, 3.63) is 0 Å². The predicted octanol–water partition coefficient (Wildman–Crippen LogP) is 0.186. The van der Waals surface area contributed by atoms with Gasteiger partial charge in [0.1, 0.15) is 0 Å². The van der Waals surface area contributed by atoms with Gasteiger partial charge in [-0.05, 0) is 39.8 Å². The summed E-state index contributed by atoms with van der Waals surface area (Å²) in [6, 6.07) is 3.05. The van der Waals surface area contributed by atoms with Crippen molar-refractivity contribution in [3.8, 4) is 0 Å². The smallest absolute Gasteiger partial charge is 0.0349 e. The number of piperidine rings is 1. The molecule has 2 bridgehead atoms. The highest BCUT2D eigenvalue weighted by Crippen LogP contribution is 2.37. The van der Waals surface area contributed by atoms with Crippen molar-refractivity contribution >= 4 is 0 Å². The van der Waals surface area contributed by atoms with Crippen molar-refractivity contribution in [2.45, 2.75) is 49.9 Å². The van der Waals surface area contributed by atoms with E-state index in [2.05, 4.69) is 28.8 Å². The normalized spacial score (nSPS) is 43.5. The second-order valence-corrected chi connectivity index (χ2v) is 6.57. The van der Waals surface area contributed by atoms with Crippen molar-refractivity contribution < 1.29 is 0 Å². The molecule has 0 aliphatic carbocycles. The lowest BCUT2D eigenvalue weighted by Gasteiger charge is -2.48. The summed E-state index contributed by atoms with van der Waals surface area (Å²) in [6.07, 6.45) is 5.57. The topological polar surface area (TPSA) is 35.7 Å². The fourth-order valence-corrected chi connectivity index (χ4v) is 4.37. The summed E-state index contributed by atoms with van der Waals surface area (Å²) in [4.78, 5) is 7.79. The fourth-order valence-electron chi connectivity index (χ4n) is 4.37. The van der Waals surface area contributed by atoms with Crippen molar-refractivity contribution in [3.63, 3.8) is 0 Å². The maximum absolute atomic E-state index is 6.00. The molecule has 104 valence electrons. The van der Waals surface area contributed by atoms with Gasteiger partial charge in [-0.3, -0.25) is 4.90 Å². The molecular formula is C14H28N4. The zero-order chi connectivity index (χ0) is 12.7. The molecule has 2 N–H and O–H groups in total. The molecular weight excluding hydrogens is 224 g/mol. The minimum Gasteiger partial charge on any atom is -0.329 e. The van der Waals surface area contributed by atoms with Crippen LogP contribution in [0.1, 0.15) is 25.7 Å². The molecule has 0 spiro atoms. The largest absolute Gasteiger partial charge is 0.329 e. The first kappa shape index (κ1) is 12.9. The monoisotopic (exact) mass is 252 g/mol. The van der Waals surface area contributed by atoms with Crippen molar-refractivity contribution in [2.24, 2.45) is 5.73 Å². The summed E-state index contributed by atoms with van der Waals surface area (Å²) in [7, 11) is 4.54. The molecule has 3 atom stereocenters. The highest BCUT2D eigenvalue weighted by molar-refractivity contribution is 4.99. The first-order valence-corrected chi connectivity index (χ1v) is 7.55. The first-order chi connectivity index (χ1) is 8.69. The van der Waals surface area contributed by atoms with E-state index in [4.69, 9.17) is 5.73 Å². The summed E-state index contributed by atoms with van der Waals surface area (Å²) in [5, 5.41) is 0. The SMILES string of the molecule is CN1CCN(C2CC3CCC(C2)N3C)C(CN)C1. The van der Waals surface area contributed by atoms with Crippen LogP contribution in [0.2, 0.25) is 0 Å². The van der Waals surface area contributed by atoms with Gasteiger partial charge in [-0.25, -0.2) is 0 Å². The van der Waals surface area contributed by atoms with E-state index in [1.165, 1.54) is 38.8 Å². The summed E-state index contributed by atoms with van der Waals surface area (Å²) in [5.41, 5.74) is 6.00. The number of hydrogen-bond donors (Lipinski definition) is 1. The fraction of sp³-hybridized carbons (Fsp3) is 1.00. The van der Waals surface area contributed by atoms with Crippen molar-refractivity contribution in [1.82, 2.24) is 14.7 Å². The van der Waals surface area contributed by atoms with Crippen LogP contribution in [0.5, 0.6) is 0 Å². The predicted molar refractivity (Wildman–Crippen MR) is 74.6 cm³/mol. The van der Waals surface area contributed by atoms with Gasteiger partial charge in [-0.2, -0.15) is 0 Å². The van der Waals surface area contributed by atoms with E-state index >= 15 is 0 Å². The highest BCUT2D eigenvalue weighted by atomic mass is 15.3. The first-order valence-electron chi connectivity index (χ1n) is 7.55. The summed E-state index contributed by atoms with van der Waals surface area (Å²) in [5.74, 6) is 0. The van der Waals surface area contributed by atoms with E-state index in [0.29, 0.717) is 6.04 Å². The van der Waals surface area contributed by atoms with Crippen LogP contribution in [-0.2, 0) is 0 Å². The van der Waals surface area contributed by atoms with E-state index in [9.17, 15) is 0 Å².